The summed E-state index contributed by atoms with van der Waals surface area (Å²) in [5, 5.41) is 8.29. The number of benzene rings is 1. The number of aliphatic hydroxyl groups excluding tert-OH is 1. The highest BCUT2D eigenvalue weighted by molar-refractivity contribution is 5.34. The monoisotopic (exact) mass is 146 g/mol. The molecule has 0 aliphatic heterocycles. The maximum Gasteiger partial charge on any atom is 0.113 e. The van der Waals surface area contributed by atoms with Crippen LogP contribution in [0.5, 0.6) is 0 Å². The van der Waals surface area contributed by atoms with Crippen LogP contribution in [0.15, 0.2) is 24.3 Å². The summed E-state index contributed by atoms with van der Waals surface area (Å²) in [5.74, 6) is 2.56. The van der Waals surface area contributed by atoms with Crippen molar-refractivity contribution in [3.05, 3.63) is 35.4 Å². The summed E-state index contributed by atoms with van der Waals surface area (Å²) in [6.07, 6.45) is 2.91. The molecular formula is C10H10O. The molecule has 0 saturated carbocycles. The van der Waals surface area contributed by atoms with Crippen LogP contribution < -0.4 is 0 Å². The first kappa shape index (κ1) is 7.68. The Hall–Kier alpha value is -1.42. The Morgan fingerprint density at radius 2 is 1.91 bits per heavy atom. The molecular weight excluding hydrogens is 136 g/mol. The van der Waals surface area contributed by atoms with Crippen molar-refractivity contribution in [3.63, 3.8) is 0 Å². The van der Waals surface area contributed by atoms with E-state index in [1.165, 1.54) is 5.56 Å². The van der Waals surface area contributed by atoms with E-state index in [1.54, 1.807) is 0 Å². The van der Waals surface area contributed by atoms with Gasteiger partial charge in [0.05, 0.1) is 0 Å². The van der Waals surface area contributed by atoms with Gasteiger partial charge in [-0.1, -0.05) is 19.1 Å². The van der Waals surface area contributed by atoms with Crippen molar-refractivity contribution in [1.29, 1.82) is 0 Å². The van der Waals surface area contributed by atoms with E-state index in [-0.39, 0.29) is 0 Å². The lowest BCUT2D eigenvalue weighted by molar-refractivity contribution is 0.517. The molecule has 0 aromatic heterocycles. The van der Waals surface area contributed by atoms with Crippen molar-refractivity contribution in [2.75, 3.05) is 0 Å². The lowest BCUT2D eigenvalue weighted by Crippen LogP contribution is -1.79. The Balaban J connectivity index is 2.88. The maximum atomic E-state index is 8.29. The summed E-state index contributed by atoms with van der Waals surface area (Å²) in [7, 11) is 0. The largest absolute Gasteiger partial charge is 0.462 e. The molecule has 1 aromatic rings. The summed E-state index contributed by atoms with van der Waals surface area (Å²) in [4.78, 5) is 0. The van der Waals surface area contributed by atoms with Gasteiger partial charge in [-0.05, 0) is 30.0 Å². The van der Waals surface area contributed by atoms with Crippen LogP contribution in [0.1, 0.15) is 18.1 Å². The Morgan fingerprint density at radius 3 is 2.36 bits per heavy atom. The third kappa shape index (κ3) is 2.01. The molecule has 0 heterocycles. The maximum absolute atomic E-state index is 8.29. The fraction of sp³-hybridized carbons (Fsp3) is 0.200. The molecule has 56 valence electrons. The van der Waals surface area contributed by atoms with Crippen LogP contribution >= 0.6 is 0 Å². The molecule has 0 spiro atoms. The van der Waals surface area contributed by atoms with E-state index >= 15 is 0 Å². The second-order valence-corrected chi connectivity index (χ2v) is 2.29. The van der Waals surface area contributed by atoms with E-state index in [2.05, 4.69) is 12.8 Å². The molecule has 11 heavy (non-hydrogen) atoms. The summed E-state index contributed by atoms with van der Waals surface area (Å²) in [6, 6.07) is 7.84. The van der Waals surface area contributed by atoms with E-state index in [0.29, 0.717) is 0 Å². The number of aliphatic hydroxyl groups is 1. The van der Waals surface area contributed by atoms with Gasteiger partial charge in [-0.15, -0.1) is 0 Å². The second-order valence-electron chi connectivity index (χ2n) is 2.29. The molecule has 1 nitrogen and oxygen atoms in total. The van der Waals surface area contributed by atoms with Gasteiger partial charge in [0.1, 0.15) is 6.11 Å². The zero-order chi connectivity index (χ0) is 8.10. The average Bonchev–Trinajstić information content (AvgIpc) is 2.07. The van der Waals surface area contributed by atoms with E-state index in [4.69, 9.17) is 5.11 Å². The Bertz CT molecular complexity index is 274. The molecule has 0 amide bonds. The lowest BCUT2D eigenvalue weighted by atomic mass is 10.1. The van der Waals surface area contributed by atoms with E-state index in [9.17, 15) is 0 Å². The van der Waals surface area contributed by atoms with Gasteiger partial charge in [0.15, 0.2) is 0 Å². The van der Waals surface area contributed by atoms with E-state index in [0.717, 1.165) is 12.0 Å². The molecule has 0 bridgehead atoms. The Labute approximate surface area is 66.7 Å². The topological polar surface area (TPSA) is 20.2 Å². The molecule has 0 radical (unpaired) electrons. The molecule has 0 unspecified atom stereocenters. The number of hydrogen-bond acceptors (Lipinski definition) is 1. The van der Waals surface area contributed by atoms with Crippen molar-refractivity contribution < 1.29 is 5.11 Å². The average molecular weight is 146 g/mol. The number of rotatable bonds is 1. The molecule has 0 atom stereocenters. The Kier molecular flexibility index (Phi) is 2.57. The van der Waals surface area contributed by atoms with Crippen molar-refractivity contribution in [1.82, 2.24) is 0 Å². The fourth-order valence-corrected chi connectivity index (χ4v) is 0.888. The zero-order valence-corrected chi connectivity index (χ0v) is 6.46. The minimum Gasteiger partial charge on any atom is -0.462 e. The highest BCUT2D eigenvalue weighted by atomic mass is 16.2. The van der Waals surface area contributed by atoms with Crippen LogP contribution in [0.2, 0.25) is 0 Å². The summed E-state index contributed by atoms with van der Waals surface area (Å²) < 4.78 is 0. The van der Waals surface area contributed by atoms with E-state index in [1.807, 2.05) is 30.4 Å². The normalized spacial score (nSPS) is 8.45. The quantitative estimate of drug-likeness (QED) is 0.600. The SMILES string of the molecule is CCc1ccc(C#CO)cc1. The minimum absolute atomic E-state index is 0.852. The lowest BCUT2D eigenvalue weighted by Gasteiger charge is -1.94. The second kappa shape index (κ2) is 3.68. The summed E-state index contributed by atoms with van der Waals surface area (Å²) in [5.41, 5.74) is 2.14. The van der Waals surface area contributed by atoms with Gasteiger partial charge in [0.2, 0.25) is 0 Å². The van der Waals surface area contributed by atoms with Crippen LogP contribution in [-0.4, -0.2) is 5.11 Å². The highest BCUT2D eigenvalue weighted by Crippen LogP contribution is 2.02. The van der Waals surface area contributed by atoms with Crippen molar-refractivity contribution in [3.8, 4) is 12.0 Å². The first-order valence-corrected chi connectivity index (χ1v) is 3.61. The van der Waals surface area contributed by atoms with Gasteiger partial charge < -0.3 is 5.11 Å². The molecule has 0 aliphatic carbocycles. The van der Waals surface area contributed by atoms with Crippen LogP contribution in [-0.2, 0) is 6.42 Å². The fourth-order valence-electron chi connectivity index (χ4n) is 0.888. The standard InChI is InChI=1S/C10H10O/c1-2-9-3-5-10(6-4-9)7-8-11/h3-6,11H,2H2,1H3. The summed E-state index contributed by atoms with van der Waals surface area (Å²) in [6.45, 7) is 2.10. The molecule has 0 saturated heterocycles. The van der Waals surface area contributed by atoms with Gasteiger partial charge in [-0.3, -0.25) is 0 Å². The van der Waals surface area contributed by atoms with Gasteiger partial charge in [-0.2, -0.15) is 0 Å². The molecule has 1 heteroatoms. The number of aryl methyl sites for hydroxylation is 1. The van der Waals surface area contributed by atoms with Crippen LogP contribution in [0.25, 0.3) is 0 Å². The van der Waals surface area contributed by atoms with Crippen LogP contribution in [0, 0.1) is 12.0 Å². The zero-order valence-electron chi connectivity index (χ0n) is 6.46. The van der Waals surface area contributed by atoms with Crippen molar-refractivity contribution >= 4 is 0 Å². The van der Waals surface area contributed by atoms with Gasteiger partial charge in [-0.25, -0.2) is 0 Å². The van der Waals surface area contributed by atoms with Gasteiger partial charge in [0.25, 0.3) is 0 Å². The van der Waals surface area contributed by atoms with Crippen molar-refractivity contribution in [2.45, 2.75) is 13.3 Å². The van der Waals surface area contributed by atoms with E-state index < -0.39 is 0 Å². The Morgan fingerprint density at radius 1 is 1.27 bits per heavy atom. The predicted octanol–water partition coefficient (Wildman–Crippen LogP) is 1.93. The summed E-state index contributed by atoms with van der Waals surface area (Å²) >= 11 is 0. The molecule has 0 aliphatic rings. The highest BCUT2D eigenvalue weighted by Gasteiger charge is 1.87. The molecule has 0 fully saturated rings. The third-order valence-corrected chi connectivity index (χ3v) is 1.56. The van der Waals surface area contributed by atoms with Crippen molar-refractivity contribution in [2.24, 2.45) is 0 Å². The third-order valence-electron chi connectivity index (χ3n) is 1.56. The predicted molar refractivity (Wildman–Crippen MR) is 44.6 cm³/mol. The van der Waals surface area contributed by atoms with Gasteiger partial charge in [0, 0.05) is 5.56 Å². The first-order chi connectivity index (χ1) is 5.36. The van der Waals surface area contributed by atoms with Gasteiger partial charge >= 0.3 is 0 Å². The van der Waals surface area contributed by atoms with Crippen LogP contribution in [0.4, 0.5) is 0 Å². The smallest absolute Gasteiger partial charge is 0.113 e. The number of hydrogen-bond donors (Lipinski definition) is 1. The molecule has 1 rings (SSSR count). The first-order valence-electron chi connectivity index (χ1n) is 3.61. The molecule has 1 N–H and O–H groups in total. The molecule has 1 aromatic carbocycles. The van der Waals surface area contributed by atoms with Crippen LogP contribution in [0.3, 0.4) is 0 Å². The minimum atomic E-state index is 0.852.